The van der Waals surface area contributed by atoms with Gasteiger partial charge < -0.3 is 19.9 Å². The second-order valence-electron chi connectivity index (χ2n) is 8.54. The van der Waals surface area contributed by atoms with Crippen molar-refractivity contribution < 1.29 is 9.53 Å². The number of ether oxygens (including phenoxy) is 1. The topological polar surface area (TPSA) is 57.7 Å². The number of carbonyl (C=O) groups excluding carboxylic acids is 1. The average molecular weight is 463 g/mol. The molecule has 0 unspecified atom stereocenters. The first-order valence-corrected chi connectivity index (χ1v) is 11.6. The second kappa shape index (κ2) is 9.32. The first-order valence-electron chi connectivity index (χ1n) is 11.2. The normalized spacial score (nSPS) is 19.5. The minimum atomic E-state index is -0.162. The Labute approximate surface area is 199 Å². The van der Waals surface area contributed by atoms with Crippen molar-refractivity contribution in [3.8, 4) is 5.75 Å². The molecule has 1 saturated heterocycles. The van der Waals surface area contributed by atoms with Gasteiger partial charge in [-0.05, 0) is 47.9 Å². The molecule has 1 aromatic heterocycles. The van der Waals surface area contributed by atoms with Gasteiger partial charge in [0.15, 0.2) is 0 Å². The number of hydrogen-bond donors (Lipinski definition) is 1. The predicted molar refractivity (Wildman–Crippen MR) is 131 cm³/mol. The van der Waals surface area contributed by atoms with Gasteiger partial charge in [0.25, 0.3) is 0 Å². The monoisotopic (exact) mass is 462 g/mol. The van der Waals surface area contributed by atoms with Crippen LogP contribution in [0.25, 0.3) is 0 Å². The molecule has 2 aliphatic rings. The SMILES string of the molecule is COc1ccc(Cl)cc1N1CCN2c3ccccc3C[C@@H](C(=O)NCc3cccnc3)[C@H]2C1. The maximum atomic E-state index is 13.4. The number of methoxy groups -OCH3 is 1. The number of rotatable bonds is 5. The fourth-order valence-electron chi connectivity index (χ4n) is 5.01. The van der Waals surface area contributed by atoms with Crippen molar-refractivity contribution in [3.63, 3.8) is 0 Å². The van der Waals surface area contributed by atoms with E-state index in [0.29, 0.717) is 11.6 Å². The third-order valence-corrected chi connectivity index (χ3v) is 6.87. The van der Waals surface area contributed by atoms with Crippen molar-refractivity contribution in [2.24, 2.45) is 5.92 Å². The molecule has 1 fully saturated rings. The van der Waals surface area contributed by atoms with Crippen LogP contribution in [0.15, 0.2) is 67.0 Å². The van der Waals surface area contributed by atoms with E-state index in [1.807, 2.05) is 30.3 Å². The second-order valence-corrected chi connectivity index (χ2v) is 8.98. The Kier molecular flexibility index (Phi) is 6.09. The van der Waals surface area contributed by atoms with Gasteiger partial charge in [-0.25, -0.2) is 0 Å². The molecule has 0 spiro atoms. The van der Waals surface area contributed by atoms with Gasteiger partial charge in [-0.1, -0.05) is 35.9 Å². The summed E-state index contributed by atoms with van der Waals surface area (Å²) in [5.74, 6) is 0.703. The highest BCUT2D eigenvalue weighted by molar-refractivity contribution is 6.31. The number of benzene rings is 2. The summed E-state index contributed by atoms with van der Waals surface area (Å²) in [6.45, 7) is 2.84. The van der Waals surface area contributed by atoms with Gasteiger partial charge >= 0.3 is 0 Å². The summed E-state index contributed by atoms with van der Waals surface area (Å²) in [7, 11) is 1.68. The minimum absolute atomic E-state index is 0.0474. The number of nitrogens with zero attached hydrogens (tertiary/aromatic N) is 3. The average Bonchev–Trinajstić information content (AvgIpc) is 2.87. The molecule has 0 saturated carbocycles. The molecule has 170 valence electrons. The largest absolute Gasteiger partial charge is 0.495 e. The highest BCUT2D eigenvalue weighted by Crippen LogP contribution is 2.39. The Bertz CT molecular complexity index is 1140. The zero-order valence-electron chi connectivity index (χ0n) is 18.6. The lowest BCUT2D eigenvalue weighted by Gasteiger charge is -2.49. The Morgan fingerprint density at radius 3 is 2.85 bits per heavy atom. The maximum Gasteiger partial charge on any atom is 0.225 e. The molecule has 3 aromatic rings. The molecule has 0 bridgehead atoms. The van der Waals surface area contributed by atoms with Gasteiger partial charge in [0.1, 0.15) is 5.75 Å². The number of amides is 1. The van der Waals surface area contributed by atoms with E-state index in [-0.39, 0.29) is 17.9 Å². The van der Waals surface area contributed by atoms with Crippen LogP contribution < -0.4 is 19.9 Å². The van der Waals surface area contributed by atoms with E-state index < -0.39 is 0 Å². The minimum Gasteiger partial charge on any atom is -0.495 e. The zero-order chi connectivity index (χ0) is 22.8. The lowest BCUT2D eigenvalue weighted by Crippen LogP contribution is -2.61. The number of pyridine rings is 1. The Balaban J connectivity index is 1.42. The van der Waals surface area contributed by atoms with Gasteiger partial charge in [0.05, 0.1) is 24.8 Å². The molecule has 2 aromatic carbocycles. The third-order valence-electron chi connectivity index (χ3n) is 6.63. The molecule has 2 atom stereocenters. The summed E-state index contributed by atoms with van der Waals surface area (Å²) in [6.07, 6.45) is 4.25. The summed E-state index contributed by atoms with van der Waals surface area (Å²) in [5, 5.41) is 3.82. The standard InChI is InChI=1S/C26H27ClN4O2/c1-33-25-9-8-20(27)14-23(25)30-11-12-31-22-7-3-2-6-19(22)13-21(24(31)17-30)26(32)29-16-18-5-4-10-28-15-18/h2-10,14-15,21,24H,11-13,16-17H2,1H3,(H,29,32)/t21-,24-/m1/s1. The van der Waals surface area contributed by atoms with E-state index in [1.54, 1.807) is 19.5 Å². The molecular weight excluding hydrogens is 436 g/mol. The number of fused-ring (bicyclic) bond motifs is 3. The molecule has 2 aliphatic heterocycles. The molecule has 6 nitrogen and oxygen atoms in total. The van der Waals surface area contributed by atoms with Crippen LogP contribution in [0.2, 0.25) is 5.02 Å². The van der Waals surface area contributed by atoms with Crippen LogP contribution in [-0.4, -0.2) is 43.7 Å². The lowest BCUT2D eigenvalue weighted by atomic mass is 9.83. The van der Waals surface area contributed by atoms with Crippen LogP contribution >= 0.6 is 11.6 Å². The van der Waals surface area contributed by atoms with Gasteiger partial charge in [-0.2, -0.15) is 0 Å². The Morgan fingerprint density at radius 2 is 2.03 bits per heavy atom. The van der Waals surface area contributed by atoms with Crippen molar-refractivity contribution in [2.75, 3.05) is 36.5 Å². The van der Waals surface area contributed by atoms with E-state index in [9.17, 15) is 4.79 Å². The molecule has 0 radical (unpaired) electrons. The van der Waals surface area contributed by atoms with Crippen molar-refractivity contribution in [3.05, 3.63) is 83.1 Å². The lowest BCUT2D eigenvalue weighted by molar-refractivity contribution is -0.126. The summed E-state index contributed by atoms with van der Waals surface area (Å²) in [6, 6.07) is 18.0. The summed E-state index contributed by atoms with van der Waals surface area (Å²) < 4.78 is 5.61. The van der Waals surface area contributed by atoms with E-state index in [2.05, 4.69) is 44.4 Å². The predicted octanol–water partition coefficient (Wildman–Crippen LogP) is 3.93. The van der Waals surface area contributed by atoms with Gasteiger partial charge in [-0.15, -0.1) is 0 Å². The number of para-hydroxylation sites is 1. The van der Waals surface area contributed by atoms with Gasteiger partial charge in [-0.3, -0.25) is 9.78 Å². The molecule has 3 heterocycles. The molecule has 1 N–H and O–H groups in total. The van der Waals surface area contributed by atoms with Crippen LogP contribution in [0.5, 0.6) is 5.75 Å². The van der Waals surface area contributed by atoms with Gasteiger partial charge in [0, 0.05) is 49.3 Å². The summed E-state index contributed by atoms with van der Waals surface area (Å²) >= 11 is 6.31. The van der Waals surface area contributed by atoms with Crippen molar-refractivity contribution in [1.29, 1.82) is 0 Å². The number of carbonyl (C=O) groups is 1. The van der Waals surface area contributed by atoms with Crippen LogP contribution in [0.4, 0.5) is 11.4 Å². The number of halogens is 1. The number of piperazine rings is 1. The number of anilines is 2. The summed E-state index contributed by atoms with van der Waals surface area (Å²) in [4.78, 5) is 22.3. The molecule has 5 rings (SSSR count). The first-order chi connectivity index (χ1) is 16.1. The van der Waals surface area contributed by atoms with Crippen molar-refractivity contribution in [2.45, 2.75) is 19.0 Å². The van der Waals surface area contributed by atoms with Gasteiger partial charge in [0.2, 0.25) is 5.91 Å². The fourth-order valence-corrected chi connectivity index (χ4v) is 5.18. The van der Waals surface area contributed by atoms with Crippen LogP contribution in [0.3, 0.4) is 0 Å². The molecule has 33 heavy (non-hydrogen) atoms. The van der Waals surface area contributed by atoms with E-state index in [1.165, 1.54) is 11.3 Å². The zero-order valence-corrected chi connectivity index (χ0v) is 19.3. The van der Waals surface area contributed by atoms with E-state index >= 15 is 0 Å². The Hall–Kier alpha value is -3.25. The van der Waals surface area contributed by atoms with Crippen molar-refractivity contribution in [1.82, 2.24) is 10.3 Å². The Morgan fingerprint density at radius 1 is 1.15 bits per heavy atom. The molecular formula is C26H27ClN4O2. The smallest absolute Gasteiger partial charge is 0.225 e. The summed E-state index contributed by atoms with van der Waals surface area (Å²) in [5.41, 5.74) is 4.42. The van der Waals surface area contributed by atoms with E-state index in [0.717, 1.165) is 43.1 Å². The van der Waals surface area contributed by atoms with Crippen molar-refractivity contribution >= 4 is 28.9 Å². The molecule has 7 heteroatoms. The van der Waals surface area contributed by atoms with Crippen LogP contribution in [0.1, 0.15) is 11.1 Å². The third kappa shape index (κ3) is 4.35. The number of nitrogens with one attached hydrogen (secondary N) is 1. The fraction of sp³-hybridized carbons (Fsp3) is 0.308. The van der Waals surface area contributed by atoms with E-state index in [4.69, 9.17) is 16.3 Å². The maximum absolute atomic E-state index is 13.4. The highest BCUT2D eigenvalue weighted by atomic mass is 35.5. The number of aromatic nitrogens is 1. The first kappa shape index (κ1) is 21.6. The van der Waals surface area contributed by atoms with Crippen LogP contribution in [-0.2, 0) is 17.8 Å². The quantitative estimate of drug-likeness (QED) is 0.622. The highest BCUT2D eigenvalue weighted by Gasteiger charge is 2.41. The van der Waals surface area contributed by atoms with Crippen LogP contribution in [0, 0.1) is 5.92 Å². The number of hydrogen-bond acceptors (Lipinski definition) is 5. The molecule has 1 amide bonds. The molecule has 0 aliphatic carbocycles.